The molecule has 0 saturated carbocycles. The van der Waals surface area contributed by atoms with Crippen LogP contribution in [-0.4, -0.2) is 28.2 Å². The Kier molecular flexibility index (Phi) is 4.58. The van der Waals surface area contributed by atoms with Gasteiger partial charge in [0.25, 0.3) is 0 Å². The molecule has 0 fully saturated rings. The number of hydrogen-bond donors (Lipinski definition) is 1. The van der Waals surface area contributed by atoms with Gasteiger partial charge in [0.05, 0.1) is 5.02 Å². The number of nitrogens with one attached hydrogen (secondary N) is 1. The summed E-state index contributed by atoms with van der Waals surface area (Å²) < 4.78 is 37.9. The molecule has 0 amide bonds. The number of hydrogen-bond acceptors (Lipinski definition) is 5. The average Bonchev–Trinajstić information content (AvgIpc) is 3.02. The highest BCUT2D eigenvalue weighted by molar-refractivity contribution is 7.91. The number of halogens is 1. The Morgan fingerprint density at radius 2 is 2.09 bits per heavy atom. The zero-order valence-corrected chi connectivity index (χ0v) is 13.9. The second-order valence-corrected chi connectivity index (χ2v) is 8.03. The smallest absolute Gasteiger partial charge is 0.250 e. The molecule has 0 unspecified atom stereocenters. The van der Waals surface area contributed by atoms with Crippen molar-refractivity contribution in [3.05, 3.63) is 40.2 Å². The molecular formula is C14H14ClNO4S2. The Morgan fingerprint density at radius 1 is 1.27 bits per heavy atom. The van der Waals surface area contributed by atoms with E-state index in [1.54, 1.807) is 23.6 Å². The minimum atomic E-state index is -3.43. The van der Waals surface area contributed by atoms with Crippen molar-refractivity contribution in [2.75, 3.05) is 19.8 Å². The molecule has 22 heavy (non-hydrogen) atoms. The average molecular weight is 360 g/mol. The summed E-state index contributed by atoms with van der Waals surface area (Å²) in [5, 5.41) is 2.21. The van der Waals surface area contributed by atoms with Crippen LogP contribution in [-0.2, 0) is 16.4 Å². The van der Waals surface area contributed by atoms with Crippen LogP contribution in [0.1, 0.15) is 5.56 Å². The first-order chi connectivity index (χ1) is 10.6. The Morgan fingerprint density at radius 3 is 2.86 bits per heavy atom. The van der Waals surface area contributed by atoms with Crippen LogP contribution in [0.4, 0.5) is 0 Å². The summed E-state index contributed by atoms with van der Waals surface area (Å²) in [6, 6.07) is 6.89. The van der Waals surface area contributed by atoms with Crippen molar-refractivity contribution in [3.8, 4) is 11.5 Å². The maximum Gasteiger partial charge on any atom is 0.250 e. The van der Waals surface area contributed by atoms with Gasteiger partial charge in [0.15, 0.2) is 11.5 Å². The van der Waals surface area contributed by atoms with Gasteiger partial charge in [-0.15, -0.1) is 11.3 Å². The third-order valence-electron chi connectivity index (χ3n) is 3.12. The molecule has 2 aromatic rings. The third kappa shape index (κ3) is 3.38. The van der Waals surface area contributed by atoms with Gasteiger partial charge in [0.2, 0.25) is 10.0 Å². The number of rotatable bonds is 5. The molecule has 8 heteroatoms. The SMILES string of the molecule is O=S(=O)(NCCc1cc(Cl)c2c(c1)OCCO2)c1cccs1. The van der Waals surface area contributed by atoms with Gasteiger partial charge in [-0.1, -0.05) is 17.7 Å². The van der Waals surface area contributed by atoms with Crippen molar-refractivity contribution in [2.45, 2.75) is 10.6 Å². The second-order valence-electron chi connectivity index (χ2n) is 4.68. The predicted octanol–water partition coefficient (Wildman–Crippen LogP) is 2.69. The molecular weight excluding hydrogens is 346 g/mol. The van der Waals surface area contributed by atoms with E-state index in [1.165, 1.54) is 11.3 Å². The molecule has 5 nitrogen and oxygen atoms in total. The Labute approximate surface area is 137 Å². The molecule has 1 aliphatic heterocycles. The summed E-state index contributed by atoms with van der Waals surface area (Å²) in [5.74, 6) is 1.16. The van der Waals surface area contributed by atoms with Gasteiger partial charge < -0.3 is 9.47 Å². The first-order valence-electron chi connectivity index (χ1n) is 6.67. The summed E-state index contributed by atoms with van der Waals surface area (Å²) in [6.07, 6.45) is 0.515. The minimum absolute atomic E-state index is 0.288. The maximum atomic E-state index is 12.0. The van der Waals surface area contributed by atoms with Gasteiger partial charge in [-0.2, -0.15) is 0 Å². The Balaban J connectivity index is 1.66. The fourth-order valence-electron chi connectivity index (χ4n) is 2.13. The van der Waals surface area contributed by atoms with Crippen LogP contribution in [0.2, 0.25) is 5.02 Å². The molecule has 0 bridgehead atoms. The molecule has 0 saturated heterocycles. The zero-order valence-electron chi connectivity index (χ0n) is 11.5. The highest BCUT2D eigenvalue weighted by atomic mass is 35.5. The van der Waals surface area contributed by atoms with E-state index in [1.807, 2.05) is 6.07 Å². The molecule has 1 aromatic heterocycles. The van der Waals surface area contributed by atoms with E-state index in [-0.39, 0.29) is 6.54 Å². The number of thiophene rings is 1. The number of sulfonamides is 1. The number of fused-ring (bicyclic) bond motifs is 1. The van der Waals surface area contributed by atoms with Crippen molar-refractivity contribution in [1.29, 1.82) is 0 Å². The quantitative estimate of drug-likeness (QED) is 0.891. The second kappa shape index (κ2) is 6.45. The van der Waals surface area contributed by atoms with Crippen LogP contribution >= 0.6 is 22.9 Å². The lowest BCUT2D eigenvalue weighted by atomic mass is 10.1. The van der Waals surface area contributed by atoms with E-state index < -0.39 is 10.0 Å². The van der Waals surface area contributed by atoms with E-state index in [0.717, 1.165) is 5.56 Å². The van der Waals surface area contributed by atoms with Gasteiger partial charge in [-0.05, 0) is 35.6 Å². The van der Waals surface area contributed by atoms with Crippen LogP contribution in [0.3, 0.4) is 0 Å². The van der Waals surface area contributed by atoms with Crippen molar-refractivity contribution in [3.63, 3.8) is 0 Å². The molecule has 0 spiro atoms. The lowest BCUT2D eigenvalue weighted by Crippen LogP contribution is -2.25. The summed E-state index contributed by atoms with van der Waals surface area (Å²) in [4.78, 5) is 0. The lowest BCUT2D eigenvalue weighted by Gasteiger charge is -2.20. The molecule has 1 aliphatic rings. The highest BCUT2D eigenvalue weighted by Crippen LogP contribution is 2.38. The predicted molar refractivity (Wildman–Crippen MR) is 85.7 cm³/mol. The topological polar surface area (TPSA) is 64.6 Å². The summed E-state index contributed by atoms with van der Waals surface area (Å²) in [7, 11) is -3.43. The van der Waals surface area contributed by atoms with Crippen molar-refractivity contribution in [1.82, 2.24) is 4.72 Å². The highest BCUT2D eigenvalue weighted by Gasteiger charge is 2.18. The largest absolute Gasteiger partial charge is 0.486 e. The van der Waals surface area contributed by atoms with Crippen molar-refractivity contribution < 1.29 is 17.9 Å². The zero-order chi connectivity index (χ0) is 15.6. The first-order valence-corrected chi connectivity index (χ1v) is 9.41. The van der Waals surface area contributed by atoms with Gasteiger partial charge in [-0.25, -0.2) is 13.1 Å². The van der Waals surface area contributed by atoms with Crippen LogP contribution in [0.25, 0.3) is 0 Å². The molecule has 0 atom stereocenters. The lowest BCUT2D eigenvalue weighted by molar-refractivity contribution is 0.171. The molecule has 2 heterocycles. The van der Waals surface area contributed by atoms with Crippen LogP contribution in [0.15, 0.2) is 33.9 Å². The summed E-state index contributed by atoms with van der Waals surface area (Å²) in [5.41, 5.74) is 0.892. The maximum absolute atomic E-state index is 12.0. The molecule has 0 radical (unpaired) electrons. The summed E-state index contributed by atoms with van der Waals surface area (Å²) >= 11 is 7.34. The standard InChI is InChI=1S/C14H14ClNO4S2/c15-11-8-10(9-12-14(11)20-6-5-19-12)3-4-16-22(17,18)13-2-1-7-21-13/h1-2,7-9,16H,3-6H2. The first kappa shape index (κ1) is 15.6. The van der Waals surface area contributed by atoms with E-state index in [9.17, 15) is 8.42 Å². The molecule has 3 rings (SSSR count). The molecule has 1 aromatic carbocycles. The number of benzene rings is 1. The van der Waals surface area contributed by atoms with E-state index >= 15 is 0 Å². The van der Waals surface area contributed by atoms with Crippen LogP contribution in [0.5, 0.6) is 11.5 Å². The van der Waals surface area contributed by atoms with E-state index in [4.69, 9.17) is 21.1 Å². The Hall–Kier alpha value is -1.28. The Bertz CT molecular complexity index is 759. The van der Waals surface area contributed by atoms with E-state index in [0.29, 0.717) is 40.4 Å². The minimum Gasteiger partial charge on any atom is -0.486 e. The van der Waals surface area contributed by atoms with Gasteiger partial charge in [-0.3, -0.25) is 0 Å². The van der Waals surface area contributed by atoms with Gasteiger partial charge >= 0.3 is 0 Å². The summed E-state index contributed by atoms with van der Waals surface area (Å²) in [6.45, 7) is 1.25. The van der Waals surface area contributed by atoms with Gasteiger partial charge in [0, 0.05) is 6.54 Å². The van der Waals surface area contributed by atoms with Crippen molar-refractivity contribution >= 4 is 33.0 Å². The van der Waals surface area contributed by atoms with Crippen LogP contribution in [0, 0.1) is 0 Å². The molecule has 118 valence electrons. The fourth-order valence-corrected chi connectivity index (χ4v) is 4.48. The number of ether oxygens (including phenoxy) is 2. The van der Waals surface area contributed by atoms with E-state index in [2.05, 4.69) is 4.72 Å². The van der Waals surface area contributed by atoms with Gasteiger partial charge in [0.1, 0.15) is 17.4 Å². The molecule has 1 N–H and O–H groups in total. The van der Waals surface area contributed by atoms with Crippen molar-refractivity contribution in [2.24, 2.45) is 0 Å². The third-order valence-corrected chi connectivity index (χ3v) is 6.26. The monoisotopic (exact) mass is 359 g/mol. The van der Waals surface area contributed by atoms with Crippen LogP contribution < -0.4 is 14.2 Å². The molecule has 0 aliphatic carbocycles. The normalized spacial score (nSPS) is 14.0. The fraction of sp³-hybridized carbons (Fsp3) is 0.286.